The summed E-state index contributed by atoms with van der Waals surface area (Å²) in [5, 5.41) is 2.93. The highest BCUT2D eigenvalue weighted by Crippen LogP contribution is 2.21. The van der Waals surface area contributed by atoms with Crippen molar-refractivity contribution in [3.05, 3.63) is 65.2 Å². The van der Waals surface area contributed by atoms with Crippen LogP contribution in [0.15, 0.2) is 48.5 Å². The summed E-state index contributed by atoms with van der Waals surface area (Å²) in [5.41, 5.74) is 2.85. The van der Waals surface area contributed by atoms with Crippen LogP contribution in [0.5, 0.6) is 0 Å². The molecule has 0 aromatic heterocycles. The lowest BCUT2D eigenvalue weighted by atomic mass is 9.99. The van der Waals surface area contributed by atoms with E-state index >= 15 is 0 Å². The van der Waals surface area contributed by atoms with E-state index in [1.54, 1.807) is 17.0 Å². The van der Waals surface area contributed by atoms with Gasteiger partial charge in [0.15, 0.2) is 0 Å². The zero-order valence-electron chi connectivity index (χ0n) is 18.2. The number of anilines is 1. The van der Waals surface area contributed by atoms with Crippen LogP contribution in [0.1, 0.15) is 46.0 Å². The Labute approximate surface area is 184 Å². The highest BCUT2D eigenvalue weighted by Gasteiger charge is 2.22. The standard InChI is InChI=1S/C25H31N3O3/c1-19-5-4-12-27(17-19)18-20-8-10-21(11-9-20)24(29)26-23-7-3-2-6-22(23)25(30)28-13-15-31-16-14-28/h2-3,6-11,19H,4-5,12-18H2,1H3,(H,26,29)/t19-/m1/s1. The molecule has 31 heavy (non-hydrogen) atoms. The van der Waals surface area contributed by atoms with Gasteiger partial charge in [-0.05, 0) is 55.1 Å². The number of hydrogen-bond donors (Lipinski definition) is 1. The van der Waals surface area contributed by atoms with Gasteiger partial charge in [0.05, 0.1) is 24.5 Å². The molecule has 6 heteroatoms. The molecule has 164 valence electrons. The van der Waals surface area contributed by atoms with Gasteiger partial charge in [-0.3, -0.25) is 14.5 Å². The van der Waals surface area contributed by atoms with Gasteiger partial charge in [0.2, 0.25) is 0 Å². The summed E-state index contributed by atoms with van der Waals surface area (Å²) in [6, 6.07) is 15.0. The van der Waals surface area contributed by atoms with Crippen LogP contribution in [-0.4, -0.2) is 61.0 Å². The van der Waals surface area contributed by atoms with Crippen LogP contribution in [0, 0.1) is 5.92 Å². The number of amides is 2. The van der Waals surface area contributed by atoms with Gasteiger partial charge in [-0.2, -0.15) is 0 Å². The molecule has 2 saturated heterocycles. The molecule has 0 spiro atoms. The highest BCUT2D eigenvalue weighted by atomic mass is 16.5. The van der Waals surface area contributed by atoms with Crippen molar-refractivity contribution in [3.63, 3.8) is 0 Å². The molecule has 0 radical (unpaired) electrons. The number of carbonyl (C=O) groups is 2. The summed E-state index contributed by atoms with van der Waals surface area (Å²) >= 11 is 0. The number of rotatable bonds is 5. The van der Waals surface area contributed by atoms with Crippen molar-refractivity contribution in [2.45, 2.75) is 26.3 Å². The molecule has 2 aromatic carbocycles. The number of hydrogen-bond acceptors (Lipinski definition) is 4. The van der Waals surface area contributed by atoms with Crippen LogP contribution < -0.4 is 5.32 Å². The molecule has 0 bridgehead atoms. The van der Waals surface area contributed by atoms with E-state index in [1.807, 2.05) is 36.4 Å². The number of piperidine rings is 1. The van der Waals surface area contributed by atoms with Gasteiger partial charge >= 0.3 is 0 Å². The third-order valence-corrected chi connectivity index (χ3v) is 6.07. The number of carbonyl (C=O) groups excluding carboxylic acids is 2. The van der Waals surface area contributed by atoms with Crippen LogP contribution in [0.4, 0.5) is 5.69 Å². The lowest BCUT2D eigenvalue weighted by molar-refractivity contribution is 0.0303. The average molecular weight is 422 g/mol. The SMILES string of the molecule is C[C@@H]1CCCN(Cc2ccc(C(=O)Nc3ccccc3C(=O)N3CCOCC3)cc2)C1. The van der Waals surface area contributed by atoms with E-state index in [2.05, 4.69) is 17.1 Å². The monoisotopic (exact) mass is 421 g/mol. The smallest absolute Gasteiger partial charge is 0.256 e. The minimum Gasteiger partial charge on any atom is -0.378 e. The predicted molar refractivity (Wildman–Crippen MR) is 121 cm³/mol. The van der Waals surface area contributed by atoms with E-state index in [9.17, 15) is 9.59 Å². The fourth-order valence-corrected chi connectivity index (χ4v) is 4.36. The molecule has 2 aromatic rings. The number of nitrogens with zero attached hydrogens (tertiary/aromatic N) is 2. The molecule has 2 aliphatic heterocycles. The minimum absolute atomic E-state index is 0.0784. The second kappa shape index (κ2) is 10.1. The molecular formula is C25H31N3O3. The van der Waals surface area contributed by atoms with E-state index in [1.165, 1.54) is 18.4 Å². The van der Waals surface area contributed by atoms with Crippen molar-refractivity contribution in [1.82, 2.24) is 9.80 Å². The third-order valence-electron chi connectivity index (χ3n) is 6.07. The topological polar surface area (TPSA) is 61.9 Å². The minimum atomic E-state index is -0.208. The molecular weight excluding hydrogens is 390 g/mol. The van der Waals surface area contributed by atoms with E-state index in [-0.39, 0.29) is 11.8 Å². The Bertz CT molecular complexity index is 906. The Morgan fingerprint density at radius 2 is 1.77 bits per heavy atom. The van der Waals surface area contributed by atoms with Crippen molar-refractivity contribution >= 4 is 17.5 Å². The van der Waals surface area contributed by atoms with Crippen molar-refractivity contribution in [3.8, 4) is 0 Å². The number of likely N-dealkylation sites (tertiary alicyclic amines) is 1. The van der Waals surface area contributed by atoms with E-state index in [4.69, 9.17) is 4.74 Å². The lowest BCUT2D eigenvalue weighted by Gasteiger charge is -2.30. The van der Waals surface area contributed by atoms with Crippen molar-refractivity contribution in [2.24, 2.45) is 5.92 Å². The first-order valence-corrected chi connectivity index (χ1v) is 11.2. The molecule has 0 aliphatic carbocycles. The largest absolute Gasteiger partial charge is 0.378 e. The third kappa shape index (κ3) is 5.51. The second-order valence-corrected chi connectivity index (χ2v) is 8.58. The Morgan fingerprint density at radius 1 is 1.03 bits per heavy atom. The van der Waals surface area contributed by atoms with Gasteiger partial charge < -0.3 is 15.0 Å². The van der Waals surface area contributed by atoms with Gasteiger partial charge in [-0.25, -0.2) is 0 Å². The lowest BCUT2D eigenvalue weighted by Crippen LogP contribution is -2.41. The number of benzene rings is 2. The summed E-state index contributed by atoms with van der Waals surface area (Å²) in [6.45, 7) is 7.73. The molecule has 0 saturated carbocycles. The number of ether oxygens (including phenoxy) is 1. The molecule has 1 N–H and O–H groups in total. The average Bonchev–Trinajstić information content (AvgIpc) is 2.80. The summed E-state index contributed by atoms with van der Waals surface area (Å²) in [5.74, 6) is 0.463. The summed E-state index contributed by atoms with van der Waals surface area (Å²) in [4.78, 5) is 30.0. The highest BCUT2D eigenvalue weighted by molar-refractivity contribution is 6.09. The van der Waals surface area contributed by atoms with Gasteiger partial charge in [0.1, 0.15) is 0 Å². The van der Waals surface area contributed by atoms with E-state index in [0.29, 0.717) is 43.1 Å². The molecule has 6 nitrogen and oxygen atoms in total. The fourth-order valence-electron chi connectivity index (χ4n) is 4.36. The van der Waals surface area contributed by atoms with Crippen LogP contribution in [0.25, 0.3) is 0 Å². The molecule has 2 heterocycles. The maximum Gasteiger partial charge on any atom is 0.256 e. The summed E-state index contributed by atoms with van der Waals surface area (Å²) < 4.78 is 5.33. The van der Waals surface area contributed by atoms with Gasteiger partial charge in [-0.15, -0.1) is 0 Å². The molecule has 0 unspecified atom stereocenters. The zero-order chi connectivity index (χ0) is 21.6. The van der Waals surface area contributed by atoms with Crippen LogP contribution in [0.2, 0.25) is 0 Å². The molecule has 2 aliphatic rings. The van der Waals surface area contributed by atoms with Gasteiger partial charge in [-0.1, -0.05) is 31.2 Å². The number of morpholine rings is 1. The number of nitrogens with one attached hydrogen (secondary N) is 1. The zero-order valence-corrected chi connectivity index (χ0v) is 18.2. The fraction of sp³-hybridized carbons (Fsp3) is 0.440. The summed E-state index contributed by atoms with van der Waals surface area (Å²) in [7, 11) is 0. The van der Waals surface area contributed by atoms with Gasteiger partial charge in [0, 0.05) is 31.7 Å². The van der Waals surface area contributed by atoms with Crippen LogP contribution in [0.3, 0.4) is 0 Å². The Hall–Kier alpha value is -2.70. The maximum absolute atomic E-state index is 12.9. The first-order valence-electron chi connectivity index (χ1n) is 11.2. The predicted octanol–water partition coefficient (Wildman–Crippen LogP) is 3.64. The Balaban J connectivity index is 1.41. The summed E-state index contributed by atoms with van der Waals surface area (Å²) in [6.07, 6.45) is 2.56. The molecule has 2 amide bonds. The van der Waals surface area contributed by atoms with Crippen LogP contribution >= 0.6 is 0 Å². The van der Waals surface area contributed by atoms with Crippen LogP contribution in [-0.2, 0) is 11.3 Å². The Kier molecular flexibility index (Phi) is 6.99. The first-order chi connectivity index (χ1) is 15.1. The quantitative estimate of drug-likeness (QED) is 0.801. The normalized spacial score (nSPS) is 19.8. The van der Waals surface area contributed by atoms with Gasteiger partial charge in [0.25, 0.3) is 11.8 Å². The van der Waals surface area contributed by atoms with Crippen molar-refractivity contribution in [1.29, 1.82) is 0 Å². The number of para-hydroxylation sites is 1. The molecule has 4 rings (SSSR count). The molecule has 1 atom stereocenters. The van der Waals surface area contributed by atoms with Crippen molar-refractivity contribution in [2.75, 3.05) is 44.7 Å². The van der Waals surface area contributed by atoms with Crippen molar-refractivity contribution < 1.29 is 14.3 Å². The van der Waals surface area contributed by atoms with E-state index < -0.39 is 0 Å². The maximum atomic E-state index is 12.9. The van der Waals surface area contributed by atoms with E-state index in [0.717, 1.165) is 25.6 Å². The Morgan fingerprint density at radius 3 is 2.52 bits per heavy atom. The second-order valence-electron chi connectivity index (χ2n) is 8.58. The first kappa shape index (κ1) is 21.5. The molecule has 2 fully saturated rings.